The van der Waals surface area contributed by atoms with Crippen molar-refractivity contribution in [2.24, 2.45) is 11.7 Å². The predicted octanol–water partition coefficient (Wildman–Crippen LogP) is 1.42. The van der Waals surface area contributed by atoms with Gasteiger partial charge in [-0.3, -0.25) is 0 Å². The molecule has 2 aliphatic rings. The number of aliphatic hydroxyl groups excluding tert-OH is 1. The van der Waals surface area contributed by atoms with Gasteiger partial charge >= 0.3 is 0 Å². The van der Waals surface area contributed by atoms with Gasteiger partial charge in [0.25, 0.3) is 0 Å². The molecule has 3 atom stereocenters. The summed E-state index contributed by atoms with van der Waals surface area (Å²) in [6, 6.07) is 0. The molecule has 0 radical (unpaired) electrons. The van der Waals surface area contributed by atoms with E-state index in [9.17, 15) is 5.11 Å². The van der Waals surface area contributed by atoms with Crippen molar-refractivity contribution in [3.8, 4) is 0 Å². The Hall–Kier alpha value is -0.0800. The summed E-state index contributed by atoms with van der Waals surface area (Å²) in [6.45, 7) is 0. The van der Waals surface area contributed by atoms with Gasteiger partial charge in [0.15, 0.2) is 0 Å². The molecule has 12 heavy (non-hydrogen) atoms. The molecule has 0 saturated heterocycles. The van der Waals surface area contributed by atoms with E-state index < -0.39 is 0 Å². The second-order valence-corrected chi connectivity index (χ2v) is 4.55. The molecular formula is C10H19NO. The lowest BCUT2D eigenvalue weighted by Crippen LogP contribution is -2.55. The summed E-state index contributed by atoms with van der Waals surface area (Å²) in [7, 11) is 0. The third-order valence-electron chi connectivity index (χ3n) is 3.75. The summed E-state index contributed by atoms with van der Waals surface area (Å²) in [5.74, 6) is 0.403. The van der Waals surface area contributed by atoms with Gasteiger partial charge in [0.1, 0.15) is 0 Å². The number of rotatable bonds is 0. The van der Waals surface area contributed by atoms with Crippen LogP contribution >= 0.6 is 0 Å². The van der Waals surface area contributed by atoms with Gasteiger partial charge < -0.3 is 10.8 Å². The molecule has 0 aromatic heterocycles. The quantitative estimate of drug-likeness (QED) is 0.576. The third-order valence-corrected chi connectivity index (χ3v) is 3.75. The number of aliphatic hydroxyl groups is 1. The minimum Gasteiger partial charge on any atom is -0.393 e. The van der Waals surface area contributed by atoms with Gasteiger partial charge in [-0.2, -0.15) is 0 Å². The fourth-order valence-electron chi connectivity index (χ4n) is 3.02. The highest BCUT2D eigenvalue weighted by Crippen LogP contribution is 2.41. The molecule has 2 fully saturated rings. The first kappa shape index (κ1) is 8.52. The third kappa shape index (κ3) is 1.27. The topological polar surface area (TPSA) is 46.2 Å². The average molecular weight is 169 g/mol. The van der Waals surface area contributed by atoms with Crippen molar-refractivity contribution >= 4 is 0 Å². The van der Waals surface area contributed by atoms with E-state index in [2.05, 4.69) is 0 Å². The molecule has 2 saturated carbocycles. The Balaban J connectivity index is 2.12. The van der Waals surface area contributed by atoms with Gasteiger partial charge in [0.2, 0.25) is 0 Å². The Bertz CT molecular complexity index is 167. The average Bonchev–Trinajstić information content (AvgIpc) is 2.04. The molecule has 0 heterocycles. The molecule has 0 amide bonds. The number of nitrogens with two attached hydrogens (primary N) is 1. The molecule has 2 nitrogen and oxygen atoms in total. The monoisotopic (exact) mass is 169 g/mol. The number of hydrogen-bond donors (Lipinski definition) is 2. The first-order chi connectivity index (χ1) is 5.72. The fraction of sp³-hybridized carbons (Fsp3) is 1.00. The van der Waals surface area contributed by atoms with Crippen molar-refractivity contribution in [1.82, 2.24) is 0 Å². The summed E-state index contributed by atoms with van der Waals surface area (Å²) in [4.78, 5) is 0. The lowest BCUT2D eigenvalue weighted by Gasteiger charge is -2.47. The smallest absolute Gasteiger partial charge is 0.0585 e. The Morgan fingerprint density at radius 1 is 1.08 bits per heavy atom. The lowest BCUT2D eigenvalue weighted by molar-refractivity contribution is -0.00593. The van der Waals surface area contributed by atoms with Gasteiger partial charge in [-0.25, -0.2) is 0 Å². The van der Waals surface area contributed by atoms with Gasteiger partial charge in [-0.15, -0.1) is 0 Å². The molecule has 3 N–H and O–H groups in total. The van der Waals surface area contributed by atoms with Crippen LogP contribution in [-0.2, 0) is 0 Å². The molecule has 2 rings (SSSR count). The summed E-state index contributed by atoms with van der Waals surface area (Å²) < 4.78 is 0. The van der Waals surface area contributed by atoms with Crippen molar-refractivity contribution in [3.63, 3.8) is 0 Å². The maximum absolute atomic E-state index is 9.79. The van der Waals surface area contributed by atoms with Crippen LogP contribution in [0, 0.1) is 5.92 Å². The molecule has 2 aliphatic carbocycles. The molecule has 0 spiro atoms. The van der Waals surface area contributed by atoms with Crippen molar-refractivity contribution < 1.29 is 5.11 Å². The minimum atomic E-state index is -0.107. The Labute approximate surface area is 74.1 Å². The van der Waals surface area contributed by atoms with Crippen LogP contribution in [0.25, 0.3) is 0 Å². The normalized spacial score (nSPS) is 48.5. The summed E-state index contributed by atoms with van der Waals surface area (Å²) >= 11 is 0. The van der Waals surface area contributed by atoms with E-state index in [1.54, 1.807) is 0 Å². The summed E-state index contributed by atoms with van der Waals surface area (Å²) in [6.07, 6.45) is 7.93. The van der Waals surface area contributed by atoms with Gasteiger partial charge in [-0.1, -0.05) is 12.8 Å². The summed E-state index contributed by atoms with van der Waals surface area (Å²) in [5.41, 5.74) is 6.29. The molecule has 70 valence electrons. The standard InChI is InChI=1S/C10H19NO/c11-10-6-2-1-4-8(10)9(12)5-3-7-10/h8-9,12H,1-7,11H2. The predicted molar refractivity (Wildman–Crippen MR) is 48.7 cm³/mol. The largest absolute Gasteiger partial charge is 0.393 e. The van der Waals surface area contributed by atoms with Crippen LogP contribution in [0.3, 0.4) is 0 Å². The zero-order valence-electron chi connectivity index (χ0n) is 7.63. The highest BCUT2D eigenvalue weighted by molar-refractivity contribution is 5.00. The van der Waals surface area contributed by atoms with Gasteiger partial charge in [0.05, 0.1) is 6.10 Å². The van der Waals surface area contributed by atoms with E-state index >= 15 is 0 Å². The zero-order valence-corrected chi connectivity index (χ0v) is 7.63. The maximum atomic E-state index is 9.79. The van der Waals surface area contributed by atoms with Crippen molar-refractivity contribution in [3.05, 3.63) is 0 Å². The zero-order chi connectivity index (χ0) is 8.60. The van der Waals surface area contributed by atoms with Gasteiger partial charge in [0, 0.05) is 11.5 Å². The van der Waals surface area contributed by atoms with Gasteiger partial charge in [-0.05, 0) is 32.1 Å². The molecule has 0 aromatic carbocycles. The number of hydrogen-bond acceptors (Lipinski definition) is 2. The lowest BCUT2D eigenvalue weighted by atomic mass is 9.64. The first-order valence-electron chi connectivity index (χ1n) is 5.19. The van der Waals surface area contributed by atoms with Crippen LogP contribution in [-0.4, -0.2) is 16.7 Å². The van der Waals surface area contributed by atoms with Crippen molar-refractivity contribution in [1.29, 1.82) is 0 Å². The van der Waals surface area contributed by atoms with Crippen LogP contribution in [0.2, 0.25) is 0 Å². The van der Waals surface area contributed by atoms with E-state index in [-0.39, 0.29) is 11.6 Å². The minimum absolute atomic E-state index is 0.00405. The van der Waals surface area contributed by atoms with Crippen LogP contribution in [0.1, 0.15) is 44.9 Å². The summed E-state index contributed by atoms with van der Waals surface area (Å²) in [5, 5.41) is 9.79. The fourth-order valence-corrected chi connectivity index (χ4v) is 3.02. The second-order valence-electron chi connectivity index (χ2n) is 4.55. The maximum Gasteiger partial charge on any atom is 0.0585 e. The molecular weight excluding hydrogens is 150 g/mol. The van der Waals surface area contributed by atoms with Crippen molar-refractivity contribution in [2.75, 3.05) is 0 Å². The Morgan fingerprint density at radius 2 is 1.83 bits per heavy atom. The molecule has 0 bridgehead atoms. The highest BCUT2D eigenvalue weighted by Gasteiger charge is 2.43. The Kier molecular flexibility index (Phi) is 2.13. The number of fused-ring (bicyclic) bond motifs is 1. The molecule has 0 aromatic rings. The highest BCUT2D eigenvalue weighted by atomic mass is 16.3. The van der Waals surface area contributed by atoms with E-state index in [1.165, 1.54) is 12.8 Å². The van der Waals surface area contributed by atoms with E-state index in [1.807, 2.05) is 0 Å². The second kappa shape index (κ2) is 3.00. The van der Waals surface area contributed by atoms with Crippen LogP contribution in [0.15, 0.2) is 0 Å². The molecule has 0 aliphatic heterocycles. The van der Waals surface area contributed by atoms with E-state index in [0.717, 1.165) is 32.1 Å². The van der Waals surface area contributed by atoms with Crippen molar-refractivity contribution in [2.45, 2.75) is 56.6 Å². The first-order valence-corrected chi connectivity index (χ1v) is 5.19. The molecule has 3 unspecified atom stereocenters. The SMILES string of the molecule is NC12CCCCC1C(O)CCC2. The van der Waals surface area contributed by atoms with Crippen LogP contribution < -0.4 is 5.73 Å². The van der Waals surface area contributed by atoms with Crippen LogP contribution in [0.4, 0.5) is 0 Å². The van der Waals surface area contributed by atoms with Crippen LogP contribution in [0.5, 0.6) is 0 Å². The van der Waals surface area contributed by atoms with E-state index in [4.69, 9.17) is 5.73 Å². The van der Waals surface area contributed by atoms with E-state index in [0.29, 0.717) is 5.92 Å². The molecule has 2 heteroatoms. The Morgan fingerprint density at radius 3 is 2.58 bits per heavy atom.